The second-order valence-corrected chi connectivity index (χ2v) is 10.9. The summed E-state index contributed by atoms with van der Waals surface area (Å²) in [6.45, 7) is 12.3. The number of ketones is 1. The van der Waals surface area contributed by atoms with Crippen LogP contribution in [0.25, 0.3) is 0 Å². The zero-order chi connectivity index (χ0) is 14.0. The van der Waals surface area contributed by atoms with Crippen molar-refractivity contribution in [1.29, 1.82) is 0 Å². The highest BCUT2D eigenvalue weighted by Crippen LogP contribution is 2.29. The van der Waals surface area contributed by atoms with E-state index in [0.29, 0.717) is 6.42 Å². The van der Waals surface area contributed by atoms with Gasteiger partial charge in [-0.25, -0.2) is 0 Å². The van der Waals surface area contributed by atoms with Crippen molar-refractivity contribution in [2.45, 2.75) is 52.2 Å². The Labute approximate surface area is 111 Å². The second-order valence-electron chi connectivity index (χ2n) is 6.50. The lowest BCUT2D eigenvalue weighted by Crippen LogP contribution is -2.29. The highest BCUT2D eigenvalue weighted by atomic mass is 28.4. The largest absolute Gasteiger partial charge is 0.544 e. The predicted molar refractivity (Wildman–Crippen MR) is 78.7 cm³/mol. The average molecular weight is 264 g/mol. The number of hydrogen-bond donors (Lipinski definition) is 0. The van der Waals surface area contributed by atoms with E-state index in [9.17, 15) is 4.79 Å². The fourth-order valence-corrected chi connectivity index (χ4v) is 2.90. The van der Waals surface area contributed by atoms with Gasteiger partial charge in [0.25, 0.3) is 0 Å². The zero-order valence-corrected chi connectivity index (χ0v) is 13.3. The molecule has 0 spiro atoms. The van der Waals surface area contributed by atoms with Gasteiger partial charge in [-0.1, -0.05) is 26.0 Å². The monoisotopic (exact) mass is 264 g/mol. The first kappa shape index (κ1) is 15.0. The molecule has 0 aliphatic rings. The van der Waals surface area contributed by atoms with E-state index in [1.807, 2.05) is 12.1 Å². The van der Waals surface area contributed by atoms with Crippen molar-refractivity contribution in [3.05, 3.63) is 29.8 Å². The molecule has 100 valence electrons. The molecular weight excluding hydrogens is 240 g/mol. The summed E-state index contributed by atoms with van der Waals surface area (Å²) in [5.41, 5.74) is 1.07. The molecule has 1 rings (SSSR count). The van der Waals surface area contributed by atoms with Crippen LogP contribution in [-0.2, 0) is 10.2 Å². The molecule has 2 nitrogen and oxygen atoms in total. The number of Topliss-reactive ketones (excluding diaryl/α,β-unsaturated/α-hetero) is 1. The van der Waals surface area contributed by atoms with Gasteiger partial charge in [-0.2, -0.15) is 0 Å². The van der Waals surface area contributed by atoms with Crippen LogP contribution in [0.5, 0.6) is 5.75 Å². The molecular formula is C15H24O2Si. The molecule has 0 aliphatic carbocycles. The summed E-state index contributed by atoms with van der Waals surface area (Å²) in [5.74, 6) is 1.15. The van der Waals surface area contributed by atoms with Crippen LogP contribution < -0.4 is 4.43 Å². The minimum absolute atomic E-state index is 0.108. The van der Waals surface area contributed by atoms with E-state index in [1.54, 1.807) is 6.92 Å². The smallest absolute Gasteiger partial charge is 0.242 e. The molecule has 0 aromatic heterocycles. The van der Waals surface area contributed by atoms with Crippen LogP contribution in [0.1, 0.15) is 32.8 Å². The van der Waals surface area contributed by atoms with Crippen LogP contribution in [-0.4, -0.2) is 14.1 Å². The molecule has 0 aliphatic heterocycles. The van der Waals surface area contributed by atoms with Crippen LogP contribution in [0.4, 0.5) is 0 Å². The third-order valence-electron chi connectivity index (χ3n) is 2.75. The first-order valence-corrected chi connectivity index (χ1v) is 9.80. The van der Waals surface area contributed by atoms with Crippen molar-refractivity contribution >= 4 is 14.1 Å². The van der Waals surface area contributed by atoms with E-state index in [4.69, 9.17) is 4.43 Å². The lowest BCUT2D eigenvalue weighted by Gasteiger charge is -2.25. The summed E-state index contributed by atoms with van der Waals surface area (Å²) < 4.78 is 5.92. The fourth-order valence-electron chi connectivity index (χ4n) is 2.05. The predicted octanol–water partition coefficient (Wildman–Crippen LogP) is 4.16. The maximum absolute atomic E-state index is 11.3. The number of rotatable bonds is 5. The van der Waals surface area contributed by atoms with Gasteiger partial charge in [-0.05, 0) is 49.7 Å². The van der Waals surface area contributed by atoms with E-state index in [1.165, 1.54) is 5.56 Å². The Hall–Kier alpha value is -1.09. The summed E-state index contributed by atoms with van der Waals surface area (Å²) in [6, 6.07) is 8.15. The van der Waals surface area contributed by atoms with Crippen LogP contribution in [0.15, 0.2) is 24.3 Å². The van der Waals surface area contributed by atoms with E-state index in [-0.39, 0.29) is 11.2 Å². The Morgan fingerprint density at radius 1 is 1.17 bits per heavy atom. The molecule has 3 heteroatoms. The van der Waals surface area contributed by atoms with Gasteiger partial charge in [0.15, 0.2) is 0 Å². The van der Waals surface area contributed by atoms with E-state index >= 15 is 0 Å². The van der Waals surface area contributed by atoms with Crippen molar-refractivity contribution in [3.8, 4) is 5.75 Å². The zero-order valence-electron chi connectivity index (χ0n) is 12.3. The van der Waals surface area contributed by atoms with Gasteiger partial charge in [-0.15, -0.1) is 0 Å². The van der Waals surface area contributed by atoms with E-state index < -0.39 is 8.32 Å². The van der Waals surface area contributed by atoms with Gasteiger partial charge in [0, 0.05) is 6.42 Å². The molecule has 1 aromatic rings. The van der Waals surface area contributed by atoms with Gasteiger partial charge in [0.1, 0.15) is 11.5 Å². The van der Waals surface area contributed by atoms with Crippen molar-refractivity contribution < 1.29 is 9.22 Å². The molecule has 0 amide bonds. The minimum Gasteiger partial charge on any atom is -0.544 e. The number of carbonyl (C=O) groups is 1. The highest BCUT2D eigenvalue weighted by molar-refractivity contribution is 6.70. The van der Waals surface area contributed by atoms with E-state index in [2.05, 4.69) is 45.6 Å². The average Bonchev–Trinajstić information content (AvgIpc) is 2.13. The third kappa shape index (κ3) is 4.65. The minimum atomic E-state index is -1.54. The molecule has 0 unspecified atom stereocenters. The van der Waals surface area contributed by atoms with Gasteiger partial charge in [0.05, 0.1) is 0 Å². The summed E-state index contributed by atoms with van der Waals surface area (Å²) in [5, 5.41) is 0. The molecule has 0 bridgehead atoms. The molecule has 0 saturated carbocycles. The Morgan fingerprint density at radius 2 is 1.67 bits per heavy atom. The van der Waals surface area contributed by atoms with Gasteiger partial charge >= 0.3 is 0 Å². The van der Waals surface area contributed by atoms with Crippen LogP contribution in [0.2, 0.25) is 19.6 Å². The van der Waals surface area contributed by atoms with Crippen LogP contribution >= 0.6 is 0 Å². The summed E-state index contributed by atoms with van der Waals surface area (Å²) in [7, 11) is -1.54. The SMILES string of the molecule is CC(=O)CC(C)(C)c1ccc(O[Si](C)(C)C)cc1. The maximum Gasteiger partial charge on any atom is 0.242 e. The number of benzene rings is 1. The Kier molecular flexibility index (Phi) is 4.38. The Morgan fingerprint density at radius 3 is 2.06 bits per heavy atom. The van der Waals surface area contributed by atoms with Crippen LogP contribution in [0, 0.1) is 0 Å². The highest BCUT2D eigenvalue weighted by Gasteiger charge is 2.23. The fraction of sp³-hybridized carbons (Fsp3) is 0.533. The quantitative estimate of drug-likeness (QED) is 0.747. The summed E-state index contributed by atoms with van der Waals surface area (Å²) >= 11 is 0. The van der Waals surface area contributed by atoms with E-state index in [0.717, 1.165) is 5.75 Å². The topological polar surface area (TPSA) is 26.3 Å². The normalized spacial score (nSPS) is 12.3. The van der Waals surface area contributed by atoms with Gasteiger partial charge < -0.3 is 4.43 Å². The summed E-state index contributed by atoms with van der Waals surface area (Å²) in [6.07, 6.45) is 0.571. The Bertz CT molecular complexity index is 413. The van der Waals surface area contributed by atoms with Crippen molar-refractivity contribution in [2.24, 2.45) is 0 Å². The standard InChI is InChI=1S/C15H24O2Si/c1-12(16)11-15(2,3)13-7-9-14(10-8-13)17-18(4,5)6/h7-10H,11H2,1-6H3. The first-order valence-electron chi connectivity index (χ1n) is 6.39. The molecule has 0 heterocycles. The molecule has 0 radical (unpaired) electrons. The molecule has 0 fully saturated rings. The number of hydrogen-bond acceptors (Lipinski definition) is 2. The number of carbonyl (C=O) groups excluding carboxylic acids is 1. The van der Waals surface area contributed by atoms with Gasteiger partial charge in [0.2, 0.25) is 8.32 Å². The molecule has 1 aromatic carbocycles. The molecule has 0 N–H and O–H groups in total. The van der Waals surface area contributed by atoms with Crippen LogP contribution in [0.3, 0.4) is 0 Å². The third-order valence-corrected chi connectivity index (χ3v) is 3.60. The van der Waals surface area contributed by atoms with Crippen molar-refractivity contribution in [3.63, 3.8) is 0 Å². The maximum atomic E-state index is 11.3. The first-order chi connectivity index (χ1) is 8.10. The summed E-state index contributed by atoms with van der Waals surface area (Å²) in [4.78, 5) is 11.3. The molecule has 0 saturated heterocycles. The lowest BCUT2D eigenvalue weighted by molar-refractivity contribution is -0.118. The van der Waals surface area contributed by atoms with Crippen molar-refractivity contribution in [2.75, 3.05) is 0 Å². The van der Waals surface area contributed by atoms with Crippen molar-refractivity contribution in [1.82, 2.24) is 0 Å². The second kappa shape index (κ2) is 5.27. The molecule has 18 heavy (non-hydrogen) atoms. The molecule has 0 atom stereocenters. The van der Waals surface area contributed by atoms with Gasteiger partial charge in [-0.3, -0.25) is 4.79 Å². The Balaban J connectivity index is 2.85. The lowest BCUT2D eigenvalue weighted by atomic mass is 9.80.